The number of hydrogen-bond donors (Lipinski definition) is 5. The van der Waals surface area contributed by atoms with Crippen LogP contribution < -0.4 is 10.1 Å². The second kappa shape index (κ2) is 17.3. The molecule has 0 aromatic heterocycles. The number of amides is 1. The van der Waals surface area contributed by atoms with E-state index in [1.807, 2.05) is 36.4 Å². The molecule has 0 radical (unpaired) electrons. The van der Waals surface area contributed by atoms with Crippen LogP contribution in [0.25, 0.3) is 0 Å². The van der Waals surface area contributed by atoms with Crippen LogP contribution in [0.1, 0.15) is 28.8 Å². The molecule has 42 heavy (non-hydrogen) atoms. The van der Waals surface area contributed by atoms with E-state index in [-0.39, 0.29) is 5.91 Å². The van der Waals surface area contributed by atoms with Crippen molar-refractivity contribution in [3.05, 3.63) is 59.7 Å². The fourth-order valence-electron chi connectivity index (χ4n) is 4.10. The number of nitrogens with zero attached hydrogens (tertiary/aromatic N) is 2. The number of nitrogens with one attached hydrogen (secondary N) is 1. The van der Waals surface area contributed by atoms with Crippen LogP contribution in [-0.4, -0.2) is 113 Å². The van der Waals surface area contributed by atoms with E-state index >= 15 is 0 Å². The lowest BCUT2D eigenvalue weighted by Crippen LogP contribution is -2.48. The molecule has 2 aromatic rings. The number of ether oxygens (including phenoxy) is 2. The van der Waals surface area contributed by atoms with Gasteiger partial charge in [-0.3, -0.25) is 14.6 Å². The maximum atomic E-state index is 12.5. The number of carbonyl (C=O) groups excluding carboxylic acids is 1. The Labute approximate surface area is 242 Å². The van der Waals surface area contributed by atoms with Gasteiger partial charge in [0.2, 0.25) is 0 Å². The van der Waals surface area contributed by atoms with Gasteiger partial charge in [-0.2, -0.15) is 0 Å². The van der Waals surface area contributed by atoms with E-state index in [0.717, 1.165) is 57.3 Å². The molecule has 2 aromatic carbocycles. The Balaban J connectivity index is 0.000000434. The van der Waals surface area contributed by atoms with Crippen LogP contribution >= 0.6 is 0 Å². The second-order valence-corrected chi connectivity index (χ2v) is 9.31. The van der Waals surface area contributed by atoms with Crippen molar-refractivity contribution in [1.82, 2.24) is 9.80 Å². The lowest BCUT2D eigenvalue weighted by molar-refractivity contribution is -0.159. The van der Waals surface area contributed by atoms with Crippen LogP contribution in [0.5, 0.6) is 5.75 Å². The summed E-state index contributed by atoms with van der Waals surface area (Å²) in [6, 6.07) is 15.3. The summed E-state index contributed by atoms with van der Waals surface area (Å²) in [5.41, 5.74) is 2.66. The third kappa shape index (κ3) is 12.3. The van der Waals surface area contributed by atoms with Crippen molar-refractivity contribution in [2.45, 2.75) is 25.5 Å². The second-order valence-electron chi connectivity index (χ2n) is 9.31. The highest BCUT2D eigenvalue weighted by molar-refractivity contribution is 6.27. The lowest BCUT2D eigenvalue weighted by atomic mass is 10.1. The molecular weight excluding hydrogens is 554 g/mol. The summed E-state index contributed by atoms with van der Waals surface area (Å²) in [6.45, 7) is 7.28. The zero-order chi connectivity index (χ0) is 31.1. The van der Waals surface area contributed by atoms with Crippen molar-refractivity contribution in [2.75, 3.05) is 51.8 Å². The molecule has 1 atom stereocenters. The maximum Gasteiger partial charge on any atom is 0.414 e. The first-order valence-corrected chi connectivity index (χ1v) is 13.0. The summed E-state index contributed by atoms with van der Waals surface area (Å²) >= 11 is 0. The Kier molecular flexibility index (Phi) is 13.9. The Morgan fingerprint density at radius 2 is 1.33 bits per heavy atom. The van der Waals surface area contributed by atoms with Gasteiger partial charge in [-0.15, -0.1) is 0 Å². The minimum absolute atomic E-state index is 0.102. The fraction of sp³-hybridized carbons (Fsp3) is 0.393. The number of aliphatic carboxylic acids is 4. The highest BCUT2D eigenvalue weighted by Crippen LogP contribution is 2.18. The molecule has 0 spiro atoms. The van der Waals surface area contributed by atoms with Crippen molar-refractivity contribution in [3.8, 4) is 5.75 Å². The number of piperazine rings is 1. The molecule has 0 saturated carbocycles. The van der Waals surface area contributed by atoms with E-state index in [0.29, 0.717) is 11.7 Å². The van der Waals surface area contributed by atoms with Gasteiger partial charge in [-0.25, -0.2) is 19.2 Å². The van der Waals surface area contributed by atoms with E-state index in [4.69, 9.17) is 49.1 Å². The summed E-state index contributed by atoms with van der Waals surface area (Å²) in [7, 11) is 1.63. The summed E-state index contributed by atoms with van der Waals surface area (Å²) in [4.78, 5) is 53.9. The summed E-state index contributed by atoms with van der Waals surface area (Å²) in [5, 5.41) is 32.5. The summed E-state index contributed by atoms with van der Waals surface area (Å²) < 4.78 is 10.9. The predicted molar refractivity (Wildman–Crippen MR) is 149 cm³/mol. The quantitative estimate of drug-likeness (QED) is 0.291. The van der Waals surface area contributed by atoms with Gasteiger partial charge in [-0.1, -0.05) is 12.1 Å². The van der Waals surface area contributed by atoms with Crippen molar-refractivity contribution in [1.29, 1.82) is 0 Å². The molecule has 2 fully saturated rings. The van der Waals surface area contributed by atoms with Crippen LogP contribution in [0, 0.1) is 0 Å². The molecule has 0 bridgehead atoms. The zero-order valence-electron chi connectivity index (χ0n) is 23.1. The van der Waals surface area contributed by atoms with Gasteiger partial charge in [0.15, 0.2) is 0 Å². The summed E-state index contributed by atoms with van der Waals surface area (Å²) in [6.07, 6.45) is 2.85. The number of hydrogen-bond acceptors (Lipinski definition) is 9. The topological polar surface area (TPSA) is 203 Å². The van der Waals surface area contributed by atoms with Gasteiger partial charge in [0.1, 0.15) is 5.75 Å². The Morgan fingerprint density at radius 3 is 1.79 bits per heavy atom. The molecule has 1 amide bonds. The molecule has 2 aliphatic rings. The Morgan fingerprint density at radius 1 is 0.810 bits per heavy atom. The minimum Gasteiger partial charge on any atom is -0.497 e. The SMILES string of the molecule is COc1ccc(NC(=O)c2ccc(CN3CCN(CC4CCCO4)CC3)cc2)cc1.O=C(O)C(=O)O.O=C(O)C(=O)O. The Bertz CT molecular complexity index is 1140. The molecule has 5 N–H and O–H groups in total. The van der Waals surface area contributed by atoms with Crippen LogP contribution in [0.3, 0.4) is 0 Å². The van der Waals surface area contributed by atoms with Crippen LogP contribution in [0.4, 0.5) is 5.69 Å². The van der Waals surface area contributed by atoms with Crippen LogP contribution in [0.15, 0.2) is 48.5 Å². The third-order valence-electron chi connectivity index (χ3n) is 6.29. The molecule has 4 rings (SSSR count). The van der Waals surface area contributed by atoms with Crippen LogP contribution in [-0.2, 0) is 30.5 Å². The first-order chi connectivity index (χ1) is 20.0. The van der Waals surface area contributed by atoms with Gasteiger partial charge in [0, 0.05) is 57.1 Å². The van der Waals surface area contributed by atoms with Crippen molar-refractivity contribution >= 4 is 35.5 Å². The predicted octanol–water partition coefficient (Wildman–Crippen LogP) is 1.56. The molecule has 2 heterocycles. The minimum atomic E-state index is -1.82. The highest BCUT2D eigenvalue weighted by atomic mass is 16.5. The average Bonchev–Trinajstić information content (AvgIpc) is 3.48. The van der Waals surface area contributed by atoms with Crippen LogP contribution in [0.2, 0.25) is 0 Å². The number of anilines is 1. The van der Waals surface area contributed by atoms with E-state index in [2.05, 4.69) is 27.2 Å². The molecule has 228 valence electrons. The third-order valence-corrected chi connectivity index (χ3v) is 6.29. The van der Waals surface area contributed by atoms with Gasteiger partial charge < -0.3 is 35.2 Å². The number of carbonyl (C=O) groups is 5. The molecule has 1 unspecified atom stereocenters. The number of methoxy groups -OCH3 is 1. The molecule has 2 saturated heterocycles. The van der Waals surface area contributed by atoms with Gasteiger partial charge >= 0.3 is 23.9 Å². The number of carboxylic acids is 4. The molecule has 2 aliphatic heterocycles. The smallest absolute Gasteiger partial charge is 0.414 e. The van der Waals surface area contributed by atoms with E-state index in [1.165, 1.54) is 18.4 Å². The molecular formula is C28H35N3O11. The highest BCUT2D eigenvalue weighted by Gasteiger charge is 2.22. The van der Waals surface area contributed by atoms with Crippen molar-refractivity contribution in [2.24, 2.45) is 0 Å². The lowest BCUT2D eigenvalue weighted by Gasteiger charge is -2.35. The zero-order valence-corrected chi connectivity index (χ0v) is 23.1. The van der Waals surface area contributed by atoms with Crippen molar-refractivity contribution in [3.63, 3.8) is 0 Å². The maximum absolute atomic E-state index is 12.5. The largest absolute Gasteiger partial charge is 0.497 e. The van der Waals surface area contributed by atoms with E-state index in [1.54, 1.807) is 7.11 Å². The fourth-order valence-corrected chi connectivity index (χ4v) is 4.10. The molecule has 0 aliphatic carbocycles. The first kappa shape index (κ1) is 33.7. The molecule has 14 nitrogen and oxygen atoms in total. The van der Waals surface area contributed by atoms with Gasteiger partial charge in [-0.05, 0) is 54.8 Å². The standard InChI is InChI=1S/C24H31N3O3.2C2H2O4/c1-29-22-10-8-21(9-11-22)25-24(28)20-6-4-19(5-7-20)17-26-12-14-27(15-13-26)18-23-3-2-16-30-23;2*3-1(4)2(5)6/h4-11,23H,2-3,12-18H2,1H3,(H,25,28);2*(H,3,4)(H,5,6). The number of rotatable bonds is 7. The number of carboxylic acid groups (broad SMARTS) is 4. The van der Waals surface area contributed by atoms with Crippen molar-refractivity contribution < 1.29 is 53.9 Å². The first-order valence-electron chi connectivity index (χ1n) is 13.0. The summed E-state index contributed by atoms with van der Waals surface area (Å²) in [5.74, 6) is -6.63. The van der Waals surface area contributed by atoms with E-state index in [9.17, 15) is 4.79 Å². The normalized spacial score (nSPS) is 16.5. The monoisotopic (exact) mass is 589 g/mol. The Hall–Kier alpha value is -4.53. The van der Waals surface area contributed by atoms with Gasteiger partial charge in [0.05, 0.1) is 13.2 Å². The molecule has 14 heteroatoms. The van der Waals surface area contributed by atoms with E-state index < -0.39 is 23.9 Å². The van der Waals surface area contributed by atoms with Gasteiger partial charge in [0.25, 0.3) is 5.91 Å². The average molecular weight is 590 g/mol. The number of benzene rings is 2.